The van der Waals surface area contributed by atoms with E-state index in [1.165, 1.54) is 0 Å². The van der Waals surface area contributed by atoms with Crippen LogP contribution in [0.2, 0.25) is 0 Å². The first-order valence-corrected chi connectivity index (χ1v) is 2.80. The van der Waals surface area contributed by atoms with Crippen molar-refractivity contribution in [3.8, 4) is 0 Å². The number of hydrazone groups is 1. The van der Waals surface area contributed by atoms with Gasteiger partial charge in [0.15, 0.2) is 0 Å². The van der Waals surface area contributed by atoms with Crippen LogP contribution < -0.4 is 11.2 Å². The number of nitrogens with zero attached hydrogens (tertiary/aromatic N) is 1. The molecule has 0 bridgehead atoms. The van der Waals surface area contributed by atoms with Gasteiger partial charge in [-0.1, -0.05) is 6.92 Å². The molecule has 0 spiro atoms. The van der Waals surface area contributed by atoms with E-state index in [9.17, 15) is 0 Å². The Kier molecular flexibility index (Phi) is 4.03. The van der Waals surface area contributed by atoms with Crippen LogP contribution >= 0.6 is 0 Å². The maximum Gasteiger partial charge on any atom is 0.116 e. The second kappa shape index (κ2) is 4.43. The minimum atomic E-state index is 0.582. The first-order valence-electron chi connectivity index (χ1n) is 2.80. The van der Waals surface area contributed by atoms with E-state index in [4.69, 9.17) is 5.73 Å². The fourth-order valence-electron chi connectivity index (χ4n) is 0.292. The summed E-state index contributed by atoms with van der Waals surface area (Å²) in [6, 6.07) is 0. The number of nitrogens with two attached hydrogens (primary N) is 1. The van der Waals surface area contributed by atoms with Gasteiger partial charge in [0.05, 0.1) is 0 Å². The van der Waals surface area contributed by atoms with Gasteiger partial charge in [0.2, 0.25) is 0 Å². The smallest absolute Gasteiger partial charge is 0.116 e. The van der Waals surface area contributed by atoms with Crippen LogP contribution in [-0.4, -0.2) is 12.4 Å². The molecule has 0 aliphatic carbocycles. The summed E-state index contributed by atoms with van der Waals surface area (Å²) in [4.78, 5) is 0. The topological polar surface area (TPSA) is 50.4 Å². The Morgan fingerprint density at radius 3 is 2.75 bits per heavy atom. The van der Waals surface area contributed by atoms with Gasteiger partial charge in [0.1, 0.15) is 5.84 Å². The van der Waals surface area contributed by atoms with Crippen molar-refractivity contribution >= 4 is 5.84 Å². The maximum absolute atomic E-state index is 5.22. The molecule has 3 N–H and O–H groups in total. The predicted molar refractivity (Wildman–Crippen MR) is 35.6 cm³/mol. The summed E-state index contributed by atoms with van der Waals surface area (Å²) in [5, 5.41) is 3.76. The molecular weight excluding hydrogens is 102 g/mol. The van der Waals surface area contributed by atoms with Gasteiger partial charge in [-0.15, -0.1) is 0 Å². The molecule has 0 fully saturated rings. The van der Waals surface area contributed by atoms with E-state index in [2.05, 4.69) is 17.5 Å². The van der Waals surface area contributed by atoms with Crippen LogP contribution in [0.25, 0.3) is 0 Å². The Hall–Kier alpha value is -0.730. The van der Waals surface area contributed by atoms with Crippen LogP contribution in [-0.2, 0) is 0 Å². The summed E-state index contributed by atoms with van der Waals surface area (Å²) in [6.45, 7) is 4.73. The monoisotopic (exact) mass is 115 g/mol. The Balaban J connectivity index is 3.03. The van der Waals surface area contributed by atoms with Crippen molar-refractivity contribution in [3.05, 3.63) is 0 Å². The van der Waals surface area contributed by atoms with Gasteiger partial charge in [0, 0.05) is 6.54 Å². The summed E-state index contributed by atoms with van der Waals surface area (Å²) in [5.74, 6) is 0.582. The Bertz CT molecular complexity index is 73.7. The average Bonchev–Trinajstić information content (AvgIpc) is 1.66. The Labute approximate surface area is 50.0 Å². The van der Waals surface area contributed by atoms with Gasteiger partial charge in [-0.2, -0.15) is 5.10 Å². The lowest BCUT2D eigenvalue weighted by atomic mass is 10.5. The standard InChI is InChI=1S/C5H13N3/c1-3-4-7-8-5(2)6/h7H,3-4H2,1-2H3,(H2,6,8). The summed E-state index contributed by atoms with van der Waals surface area (Å²) in [6.07, 6.45) is 1.08. The lowest BCUT2D eigenvalue weighted by molar-refractivity contribution is 0.714. The van der Waals surface area contributed by atoms with Crippen LogP contribution in [0, 0.1) is 0 Å². The molecule has 0 saturated heterocycles. The molecule has 0 aromatic heterocycles. The molecule has 0 aromatic carbocycles. The minimum absolute atomic E-state index is 0.582. The van der Waals surface area contributed by atoms with Crippen molar-refractivity contribution in [2.24, 2.45) is 10.8 Å². The van der Waals surface area contributed by atoms with E-state index in [1.807, 2.05) is 0 Å². The molecule has 0 atom stereocenters. The number of nitrogens with one attached hydrogen (secondary N) is 1. The predicted octanol–water partition coefficient (Wildman–Crippen LogP) is 0.278. The fourth-order valence-corrected chi connectivity index (χ4v) is 0.292. The first kappa shape index (κ1) is 7.27. The van der Waals surface area contributed by atoms with Gasteiger partial charge in [0.25, 0.3) is 0 Å². The fraction of sp³-hybridized carbons (Fsp3) is 0.800. The summed E-state index contributed by atoms with van der Waals surface area (Å²) < 4.78 is 0. The van der Waals surface area contributed by atoms with Gasteiger partial charge >= 0.3 is 0 Å². The van der Waals surface area contributed by atoms with Crippen molar-refractivity contribution in [2.75, 3.05) is 6.54 Å². The Morgan fingerprint density at radius 2 is 2.38 bits per heavy atom. The largest absolute Gasteiger partial charge is 0.386 e. The van der Waals surface area contributed by atoms with Gasteiger partial charge in [-0.25, -0.2) is 0 Å². The van der Waals surface area contributed by atoms with Crippen LogP contribution in [0.15, 0.2) is 5.10 Å². The zero-order valence-electron chi connectivity index (χ0n) is 5.44. The molecule has 3 heteroatoms. The molecule has 0 rings (SSSR count). The van der Waals surface area contributed by atoms with Gasteiger partial charge in [-0.3, -0.25) is 0 Å². The van der Waals surface area contributed by atoms with E-state index < -0.39 is 0 Å². The van der Waals surface area contributed by atoms with Gasteiger partial charge in [-0.05, 0) is 13.3 Å². The number of hydrogen-bond donors (Lipinski definition) is 2. The first-order chi connectivity index (χ1) is 3.77. The number of hydrogen-bond acceptors (Lipinski definition) is 2. The van der Waals surface area contributed by atoms with E-state index in [1.54, 1.807) is 6.92 Å². The summed E-state index contributed by atoms with van der Waals surface area (Å²) in [5.41, 5.74) is 8.02. The van der Waals surface area contributed by atoms with Crippen molar-refractivity contribution in [2.45, 2.75) is 20.3 Å². The molecule has 0 amide bonds. The molecule has 0 aromatic rings. The average molecular weight is 115 g/mol. The van der Waals surface area contributed by atoms with E-state index in [0.717, 1.165) is 13.0 Å². The van der Waals surface area contributed by atoms with E-state index >= 15 is 0 Å². The maximum atomic E-state index is 5.22. The minimum Gasteiger partial charge on any atom is -0.386 e. The third kappa shape index (κ3) is 5.27. The number of rotatable bonds is 3. The molecule has 0 heterocycles. The second-order valence-corrected chi connectivity index (χ2v) is 1.66. The van der Waals surface area contributed by atoms with E-state index in [-0.39, 0.29) is 0 Å². The summed E-state index contributed by atoms with van der Waals surface area (Å²) >= 11 is 0. The second-order valence-electron chi connectivity index (χ2n) is 1.66. The van der Waals surface area contributed by atoms with Crippen LogP contribution in [0.1, 0.15) is 20.3 Å². The summed E-state index contributed by atoms with van der Waals surface area (Å²) in [7, 11) is 0. The lowest BCUT2D eigenvalue weighted by Gasteiger charge is -1.94. The molecule has 0 unspecified atom stereocenters. The van der Waals surface area contributed by atoms with Gasteiger partial charge < -0.3 is 11.2 Å². The third-order valence-corrected chi connectivity index (χ3v) is 0.617. The number of amidine groups is 1. The highest BCUT2D eigenvalue weighted by Crippen LogP contribution is 1.68. The quantitative estimate of drug-likeness (QED) is 0.240. The lowest BCUT2D eigenvalue weighted by Crippen LogP contribution is -2.14. The van der Waals surface area contributed by atoms with Crippen LogP contribution in [0.4, 0.5) is 0 Å². The van der Waals surface area contributed by atoms with Crippen LogP contribution in [0.3, 0.4) is 0 Å². The molecule has 48 valence electrons. The van der Waals surface area contributed by atoms with Crippen LogP contribution in [0.5, 0.6) is 0 Å². The molecule has 8 heavy (non-hydrogen) atoms. The van der Waals surface area contributed by atoms with Crippen molar-refractivity contribution < 1.29 is 0 Å². The van der Waals surface area contributed by atoms with Crippen molar-refractivity contribution in [3.63, 3.8) is 0 Å². The SMILES string of the molecule is CCCN/N=C(/C)N. The molecule has 0 aliphatic heterocycles. The van der Waals surface area contributed by atoms with E-state index in [0.29, 0.717) is 5.84 Å². The normalized spacial score (nSPS) is 11.5. The molecular formula is C5H13N3. The highest BCUT2D eigenvalue weighted by Gasteiger charge is 1.75. The molecule has 3 nitrogen and oxygen atoms in total. The van der Waals surface area contributed by atoms with Crippen molar-refractivity contribution in [1.29, 1.82) is 0 Å². The highest BCUT2D eigenvalue weighted by molar-refractivity contribution is 5.77. The Morgan fingerprint density at radius 1 is 1.75 bits per heavy atom. The van der Waals surface area contributed by atoms with Crippen molar-refractivity contribution in [1.82, 2.24) is 5.43 Å². The molecule has 0 saturated carbocycles. The molecule has 0 aliphatic rings. The molecule has 0 radical (unpaired) electrons. The zero-order chi connectivity index (χ0) is 6.41. The highest BCUT2D eigenvalue weighted by atomic mass is 15.3. The third-order valence-electron chi connectivity index (χ3n) is 0.617. The zero-order valence-corrected chi connectivity index (χ0v) is 5.44.